The zero-order valence-electron chi connectivity index (χ0n) is 13.2. The first-order valence-electron chi connectivity index (χ1n) is 7.75. The molecule has 0 bridgehead atoms. The molecule has 0 saturated carbocycles. The topological polar surface area (TPSA) is 21.3 Å². The molecule has 112 valence electrons. The monoisotopic (exact) mass is 283 g/mol. The van der Waals surface area contributed by atoms with Gasteiger partial charge in [-0.25, -0.2) is 0 Å². The van der Waals surface area contributed by atoms with Crippen LogP contribution in [0.1, 0.15) is 36.6 Å². The summed E-state index contributed by atoms with van der Waals surface area (Å²) in [5.74, 6) is 0.950. The Morgan fingerprint density at radius 2 is 1.86 bits per heavy atom. The SMILES string of the molecule is CCNC(COc1cccc(CC)c1)c1ccccc1C. The summed E-state index contributed by atoms with van der Waals surface area (Å²) in [6.45, 7) is 8.01. The fourth-order valence-electron chi connectivity index (χ4n) is 2.52. The maximum atomic E-state index is 6.01. The predicted octanol–water partition coefficient (Wildman–Crippen LogP) is 4.29. The minimum Gasteiger partial charge on any atom is -0.492 e. The standard InChI is InChI=1S/C19H25NO/c1-4-16-10-8-11-17(13-16)21-14-19(20-5-2)18-12-7-6-9-15(18)3/h6-13,19-20H,4-5,14H2,1-3H3. The van der Waals surface area contributed by atoms with Crippen molar-refractivity contribution in [2.24, 2.45) is 0 Å². The van der Waals surface area contributed by atoms with Gasteiger partial charge < -0.3 is 10.1 Å². The van der Waals surface area contributed by atoms with E-state index in [0.29, 0.717) is 6.61 Å². The second-order valence-corrected chi connectivity index (χ2v) is 5.28. The van der Waals surface area contributed by atoms with Crippen molar-refractivity contribution in [1.29, 1.82) is 0 Å². The van der Waals surface area contributed by atoms with E-state index in [2.05, 4.69) is 68.6 Å². The molecule has 0 aliphatic heterocycles. The molecular weight excluding hydrogens is 258 g/mol. The third-order valence-corrected chi connectivity index (χ3v) is 3.74. The zero-order valence-corrected chi connectivity index (χ0v) is 13.2. The van der Waals surface area contributed by atoms with Crippen molar-refractivity contribution in [2.75, 3.05) is 13.2 Å². The van der Waals surface area contributed by atoms with E-state index in [1.165, 1.54) is 16.7 Å². The summed E-state index contributed by atoms with van der Waals surface area (Å²) in [6.07, 6.45) is 1.03. The minimum atomic E-state index is 0.224. The lowest BCUT2D eigenvalue weighted by atomic mass is 10.0. The van der Waals surface area contributed by atoms with Crippen LogP contribution in [0.2, 0.25) is 0 Å². The second-order valence-electron chi connectivity index (χ2n) is 5.28. The number of likely N-dealkylation sites (N-methyl/N-ethyl adjacent to an activating group) is 1. The van der Waals surface area contributed by atoms with Crippen LogP contribution in [0.25, 0.3) is 0 Å². The van der Waals surface area contributed by atoms with Gasteiger partial charge in [0.1, 0.15) is 12.4 Å². The molecule has 0 fully saturated rings. The molecule has 0 radical (unpaired) electrons. The molecule has 0 aliphatic carbocycles. The smallest absolute Gasteiger partial charge is 0.119 e. The van der Waals surface area contributed by atoms with E-state index in [-0.39, 0.29) is 6.04 Å². The molecule has 21 heavy (non-hydrogen) atoms. The molecular formula is C19H25NO. The van der Waals surface area contributed by atoms with E-state index in [4.69, 9.17) is 4.74 Å². The van der Waals surface area contributed by atoms with E-state index in [1.807, 2.05) is 6.07 Å². The summed E-state index contributed by atoms with van der Waals surface area (Å²) in [6, 6.07) is 17.1. The van der Waals surface area contributed by atoms with Crippen molar-refractivity contribution in [1.82, 2.24) is 5.32 Å². The van der Waals surface area contributed by atoms with Crippen LogP contribution in [0, 0.1) is 6.92 Å². The highest BCUT2D eigenvalue weighted by Crippen LogP contribution is 2.20. The molecule has 2 aromatic rings. The van der Waals surface area contributed by atoms with E-state index in [1.54, 1.807) is 0 Å². The Kier molecular flexibility index (Phi) is 5.82. The van der Waals surface area contributed by atoms with Gasteiger partial charge in [-0.05, 0) is 48.7 Å². The first kappa shape index (κ1) is 15.6. The molecule has 2 heteroatoms. The Hall–Kier alpha value is -1.80. The normalized spacial score (nSPS) is 12.1. The third kappa shape index (κ3) is 4.33. The molecule has 1 N–H and O–H groups in total. The average Bonchev–Trinajstić information content (AvgIpc) is 2.52. The first-order valence-corrected chi connectivity index (χ1v) is 7.75. The Labute approximate surface area is 128 Å². The lowest BCUT2D eigenvalue weighted by Crippen LogP contribution is -2.27. The van der Waals surface area contributed by atoms with Crippen molar-refractivity contribution < 1.29 is 4.74 Å². The van der Waals surface area contributed by atoms with Crippen molar-refractivity contribution in [2.45, 2.75) is 33.2 Å². The number of aryl methyl sites for hydroxylation is 2. The van der Waals surface area contributed by atoms with Gasteiger partial charge in [0, 0.05) is 0 Å². The van der Waals surface area contributed by atoms with Crippen LogP contribution in [0.15, 0.2) is 48.5 Å². The Morgan fingerprint density at radius 1 is 1.05 bits per heavy atom. The maximum Gasteiger partial charge on any atom is 0.119 e. The van der Waals surface area contributed by atoms with Gasteiger partial charge in [0.05, 0.1) is 6.04 Å². The van der Waals surface area contributed by atoms with Crippen LogP contribution < -0.4 is 10.1 Å². The first-order chi connectivity index (χ1) is 10.2. The van der Waals surface area contributed by atoms with Gasteiger partial charge >= 0.3 is 0 Å². The lowest BCUT2D eigenvalue weighted by Gasteiger charge is -2.21. The highest BCUT2D eigenvalue weighted by Gasteiger charge is 2.13. The number of hydrogen-bond donors (Lipinski definition) is 1. The second kappa shape index (κ2) is 7.84. The van der Waals surface area contributed by atoms with E-state index < -0.39 is 0 Å². The summed E-state index contributed by atoms with van der Waals surface area (Å²) in [5.41, 5.74) is 3.92. The molecule has 0 spiro atoms. The summed E-state index contributed by atoms with van der Waals surface area (Å²) < 4.78 is 6.01. The average molecular weight is 283 g/mol. The molecule has 0 aliphatic rings. The van der Waals surface area contributed by atoms with Gasteiger partial charge in [0.15, 0.2) is 0 Å². The van der Waals surface area contributed by atoms with Crippen LogP contribution in [-0.2, 0) is 6.42 Å². The van der Waals surface area contributed by atoms with Gasteiger partial charge in [-0.2, -0.15) is 0 Å². The molecule has 0 amide bonds. The van der Waals surface area contributed by atoms with Gasteiger partial charge in [0.25, 0.3) is 0 Å². The van der Waals surface area contributed by atoms with Crippen LogP contribution in [0.5, 0.6) is 5.75 Å². The van der Waals surface area contributed by atoms with Gasteiger partial charge in [-0.15, -0.1) is 0 Å². The minimum absolute atomic E-state index is 0.224. The highest BCUT2D eigenvalue weighted by molar-refractivity contribution is 5.30. The van der Waals surface area contributed by atoms with Crippen LogP contribution in [0.4, 0.5) is 0 Å². The number of nitrogens with one attached hydrogen (secondary N) is 1. The van der Waals surface area contributed by atoms with E-state index in [0.717, 1.165) is 18.7 Å². The van der Waals surface area contributed by atoms with Crippen molar-refractivity contribution in [3.05, 3.63) is 65.2 Å². The van der Waals surface area contributed by atoms with Crippen molar-refractivity contribution in [3.8, 4) is 5.75 Å². The summed E-state index contributed by atoms with van der Waals surface area (Å²) in [5, 5.41) is 3.51. The van der Waals surface area contributed by atoms with E-state index >= 15 is 0 Å². The van der Waals surface area contributed by atoms with Crippen LogP contribution >= 0.6 is 0 Å². The predicted molar refractivity (Wildman–Crippen MR) is 88.9 cm³/mol. The molecule has 0 heterocycles. The van der Waals surface area contributed by atoms with Crippen LogP contribution in [0.3, 0.4) is 0 Å². The fraction of sp³-hybridized carbons (Fsp3) is 0.368. The fourth-order valence-corrected chi connectivity index (χ4v) is 2.52. The molecule has 1 unspecified atom stereocenters. The Bertz CT molecular complexity index is 565. The Balaban J connectivity index is 2.08. The number of rotatable bonds is 7. The Morgan fingerprint density at radius 3 is 2.57 bits per heavy atom. The van der Waals surface area contributed by atoms with Gasteiger partial charge in [-0.3, -0.25) is 0 Å². The quantitative estimate of drug-likeness (QED) is 0.818. The summed E-state index contributed by atoms with van der Waals surface area (Å²) in [4.78, 5) is 0. The highest BCUT2D eigenvalue weighted by atomic mass is 16.5. The molecule has 0 aromatic heterocycles. The summed E-state index contributed by atoms with van der Waals surface area (Å²) >= 11 is 0. The number of hydrogen-bond acceptors (Lipinski definition) is 2. The lowest BCUT2D eigenvalue weighted by molar-refractivity contribution is 0.267. The largest absolute Gasteiger partial charge is 0.492 e. The molecule has 2 nitrogen and oxygen atoms in total. The molecule has 2 rings (SSSR count). The molecule has 2 aromatic carbocycles. The molecule has 0 saturated heterocycles. The van der Waals surface area contributed by atoms with Gasteiger partial charge in [-0.1, -0.05) is 50.2 Å². The number of ether oxygens (including phenoxy) is 1. The number of benzene rings is 2. The van der Waals surface area contributed by atoms with Crippen molar-refractivity contribution >= 4 is 0 Å². The van der Waals surface area contributed by atoms with Gasteiger partial charge in [0.2, 0.25) is 0 Å². The zero-order chi connectivity index (χ0) is 15.1. The molecule has 1 atom stereocenters. The summed E-state index contributed by atoms with van der Waals surface area (Å²) in [7, 11) is 0. The third-order valence-electron chi connectivity index (χ3n) is 3.74. The van der Waals surface area contributed by atoms with E-state index in [9.17, 15) is 0 Å². The van der Waals surface area contributed by atoms with Crippen molar-refractivity contribution in [3.63, 3.8) is 0 Å². The van der Waals surface area contributed by atoms with Crippen LogP contribution in [-0.4, -0.2) is 13.2 Å². The maximum absolute atomic E-state index is 6.01.